The minimum atomic E-state index is -3.55. The standard InChI is InChI=1S/C21H28O4/c1-16-7-6-10-19(13-16)25-15-18(22)9-5-4-8-17-11-12-20(23-2)21(14-17)24-3/h6-7,10-14,18,22H,4-5,8-9,15H2,1-3H3/i2D3,3D3,4D2,6D,7D,8D2,10D,11D,12D,13D,14D,15D2,18D. The molecule has 1 N–H and O–H groups in total. The van der Waals surface area contributed by atoms with E-state index in [0.717, 1.165) is 0 Å². The molecule has 0 saturated heterocycles. The average Bonchev–Trinajstić information content (AvgIpc) is 2.87. The van der Waals surface area contributed by atoms with Crippen molar-refractivity contribution in [2.24, 2.45) is 0 Å². The molecule has 2 aromatic rings. The van der Waals surface area contributed by atoms with Crippen molar-refractivity contribution in [3.05, 3.63) is 53.4 Å². The molecular weight excluding hydrogens is 316 g/mol. The second-order valence-corrected chi connectivity index (χ2v) is 4.52. The monoisotopic (exact) mass is 364 g/mol. The number of benzene rings is 2. The Hall–Kier alpha value is -2.20. The lowest BCUT2D eigenvalue weighted by atomic mass is 10.0. The van der Waals surface area contributed by atoms with Gasteiger partial charge in [0.05, 0.1) is 42.1 Å². The van der Waals surface area contributed by atoms with Gasteiger partial charge >= 0.3 is 0 Å². The second kappa shape index (κ2) is 9.94. The van der Waals surface area contributed by atoms with E-state index in [-0.39, 0.29) is 5.56 Å². The van der Waals surface area contributed by atoms with Crippen LogP contribution in [-0.4, -0.2) is 31.8 Å². The molecule has 0 radical (unpaired) electrons. The summed E-state index contributed by atoms with van der Waals surface area (Å²) in [7, 11) is -6.75. The molecule has 0 heterocycles. The van der Waals surface area contributed by atoms with Crippen molar-refractivity contribution in [1.82, 2.24) is 0 Å². The highest BCUT2D eigenvalue weighted by Crippen LogP contribution is 2.28. The maximum atomic E-state index is 10.7. The Morgan fingerprint density at radius 1 is 1.20 bits per heavy atom. The van der Waals surface area contributed by atoms with Gasteiger partial charge < -0.3 is 19.3 Å². The Kier molecular flexibility index (Phi) is 2.25. The number of hydrogen-bond donors (Lipinski definition) is 1. The highest BCUT2D eigenvalue weighted by atomic mass is 16.5. The first kappa shape index (κ1) is 5.65. The lowest BCUT2D eigenvalue weighted by Gasteiger charge is -2.13. The molecule has 0 aliphatic heterocycles. The molecule has 0 saturated carbocycles. The third-order valence-corrected chi connectivity index (χ3v) is 2.65. The quantitative estimate of drug-likeness (QED) is 0.687. The minimum Gasteiger partial charge on any atom is -0.493 e. The van der Waals surface area contributed by atoms with Crippen molar-refractivity contribution in [3.63, 3.8) is 0 Å². The highest BCUT2D eigenvalue weighted by molar-refractivity contribution is 5.42. The van der Waals surface area contributed by atoms with Crippen LogP contribution in [0, 0.1) is 6.92 Å². The molecular formula is C21H28O4. The first-order valence-corrected chi connectivity index (χ1v) is 6.91. The molecule has 2 rings (SSSR count). The van der Waals surface area contributed by atoms with E-state index in [0.29, 0.717) is 0 Å². The van der Waals surface area contributed by atoms with E-state index in [1.165, 1.54) is 6.92 Å². The lowest BCUT2D eigenvalue weighted by Crippen LogP contribution is -2.17. The van der Waals surface area contributed by atoms with Gasteiger partial charge in [-0.25, -0.2) is 0 Å². The fourth-order valence-electron chi connectivity index (χ4n) is 1.54. The van der Waals surface area contributed by atoms with Crippen LogP contribution in [0.4, 0.5) is 0 Å². The van der Waals surface area contributed by atoms with Crippen LogP contribution in [0.3, 0.4) is 0 Å². The number of rotatable bonds is 10. The molecule has 136 valence electrons. The van der Waals surface area contributed by atoms with Gasteiger partial charge in [0.1, 0.15) is 12.3 Å². The van der Waals surface area contributed by atoms with E-state index in [1.54, 1.807) is 0 Å². The number of ether oxygens (including phenoxy) is 3. The SMILES string of the molecule is [2H]c1c([2H])c(C)c([2H])c(OC([2H])([2H])C([2H])(O)CCC([2H])([2H])C([2H])([2H])c2c([2H])c([2H])c(OC([2H])([2H])[2H])c(OC([2H])([2H])[2H])c2[2H])c1[2H]. The summed E-state index contributed by atoms with van der Waals surface area (Å²) in [6.45, 7) is -2.32. The Morgan fingerprint density at radius 2 is 2.04 bits per heavy atom. The van der Waals surface area contributed by atoms with E-state index in [4.69, 9.17) is 32.2 Å². The van der Waals surface area contributed by atoms with Gasteiger partial charge in [-0.1, -0.05) is 24.5 Å². The fraction of sp³-hybridized carbons (Fsp3) is 0.429. The molecule has 0 bridgehead atoms. The van der Waals surface area contributed by atoms with Crippen LogP contribution in [0.1, 0.15) is 57.8 Å². The van der Waals surface area contributed by atoms with E-state index >= 15 is 0 Å². The summed E-state index contributed by atoms with van der Waals surface area (Å²) < 4.78 is 172. The van der Waals surface area contributed by atoms with Crippen LogP contribution >= 0.6 is 0 Å². The van der Waals surface area contributed by atoms with Crippen LogP contribution in [0.25, 0.3) is 0 Å². The van der Waals surface area contributed by atoms with E-state index in [1.807, 2.05) is 0 Å². The van der Waals surface area contributed by atoms with Gasteiger partial charge in [0.15, 0.2) is 11.5 Å². The first-order valence-electron chi connectivity index (χ1n) is 16.9. The Balaban J connectivity index is 2.56. The van der Waals surface area contributed by atoms with Gasteiger partial charge in [-0.05, 0) is 61.4 Å². The number of methoxy groups -OCH3 is 2. The van der Waals surface area contributed by atoms with Crippen molar-refractivity contribution in [2.45, 2.75) is 38.6 Å². The van der Waals surface area contributed by atoms with E-state index in [9.17, 15) is 5.11 Å². The van der Waals surface area contributed by atoms with Gasteiger partial charge in [-0.3, -0.25) is 0 Å². The molecule has 0 fully saturated rings. The molecule has 25 heavy (non-hydrogen) atoms. The van der Waals surface area contributed by atoms with Gasteiger partial charge in [0, 0.05) is 5.48 Å². The van der Waals surface area contributed by atoms with Gasteiger partial charge in [-0.15, -0.1) is 0 Å². The summed E-state index contributed by atoms with van der Waals surface area (Å²) in [4.78, 5) is 0. The van der Waals surface area contributed by atoms with Crippen LogP contribution in [0.2, 0.25) is 0 Å². The zero-order chi connectivity index (χ0) is 35.5. The maximum absolute atomic E-state index is 10.7. The predicted octanol–water partition coefficient (Wildman–Crippen LogP) is 4.16. The highest BCUT2D eigenvalue weighted by Gasteiger charge is 2.07. The van der Waals surface area contributed by atoms with Crippen LogP contribution in [0.5, 0.6) is 17.2 Å². The first-order chi connectivity index (χ1) is 19.9. The third-order valence-electron chi connectivity index (χ3n) is 2.65. The summed E-state index contributed by atoms with van der Waals surface area (Å²) in [6, 6.07) is -6.75. The van der Waals surface area contributed by atoms with Crippen molar-refractivity contribution in [1.29, 1.82) is 0 Å². The van der Waals surface area contributed by atoms with Gasteiger partial charge in [0.2, 0.25) is 0 Å². The lowest BCUT2D eigenvalue weighted by molar-refractivity contribution is 0.0976. The van der Waals surface area contributed by atoms with Gasteiger partial charge in [-0.2, -0.15) is 0 Å². The normalized spacial score (nSPS) is 27.4. The molecule has 0 aliphatic rings. The maximum Gasteiger partial charge on any atom is 0.160 e. The largest absolute Gasteiger partial charge is 0.493 e. The summed E-state index contributed by atoms with van der Waals surface area (Å²) >= 11 is 0. The van der Waals surface area contributed by atoms with Crippen molar-refractivity contribution < 1.29 is 46.7 Å². The summed E-state index contributed by atoms with van der Waals surface area (Å²) in [5.74, 6) is -3.42. The van der Waals surface area contributed by atoms with Gasteiger partial charge in [0.25, 0.3) is 0 Å². The van der Waals surface area contributed by atoms with Crippen molar-refractivity contribution in [2.75, 3.05) is 20.6 Å². The smallest absolute Gasteiger partial charge is 0.160 e. The molecule has 1 unspecified atom stereocenters. The topological polar surface area (TPSA) is 47.9 Å². The number of hydrogen-bond acceptors (Lipinski definition) is 4. The Labute approximate surface area is 178 Å². The molecule has 0 amide bonds. The molecule has 0 spiro atoms. The van der Waals surface area contributed by atoms with Crippen LogP contribution in [-0.2, 0) is 6.37 Å². The van der Waals surface area contributed by atoms with E-state index in [2.05, 4.69) is 9.47 Å². The molecule has 4 heteroatoms. The van der Waals surface area contributed by atoms with Crippen LogP contribution in [0.15, 0.2) is 42.3 Å². The minimum absolute atomic E-state index is 0.178. The molecule has 1 atom stereocenters. The molecule has 4 nitrogen and oxygen atoms in total. The molecule has 0 aromatic heterocycles. The zero-order valence-electron chi connectivity index (χ0n) is 33.1. The Bertz CT molecular complexity index is 1420. The van der Waals surface area contributed by atoms with Crippen LogP contribution < -0.4 is 14.2 Å². The average molecular weight is 365 g/mol. The number of aliphatic hydroxyl groups is 1. The predicted molar refractivity (Wildman–Crippen MR) is 99.8 cm³/mol. The fourth-order valence-corrected chi connectivity index (χ4v) is 1.54. The zero-order valence-corrected chi connectivity index (χ0v) is 13.1. The summed E-state index contributed by atoms with van der Waals surface area (Å²) in [5.41, 5.74) is -1.46. The summed E-state index contributed by atoms with van der Waals surface area (Å²) in [5, 5.41) is 10.7. The Morgan fingerprint density at radius 3 is 2.88 bits per heavy atom. The molecule has 2 aromatic carbocycles. The summed E-state index contributed by atoms with van der Waals surface area (Å²) in [6.07, 6.45) is -12.8. The molecule has 0 aliphatic carbocycles. The van der Waals surface area contributed by atoms with Crippen molar-refractivity contribution in [3.8, 4) is 17.2 Å². The second-order valence-electron chi connectivity index (χ2n) is 4.52. The van der Waals surface area contributed by atoms with Crippen molar-refractivity contribution >= 4 is 0 Å². The van der Waals surface area contributed by atoms with E-state index < -0.39 is 117 Å². The third kappa shape index (κ3) is 6.31.